The highest BCUT2D eigenvalue weighted by Crippen LogP contribution is 2.34. The Morgan fingerprint density at radius 2 is 1.81 bits per heavy atom. The molecular weight excluding hydrogens is 386 g/mol. The predicted molar refractivity (Wildman–Crippen MR) is 128 cm³/mol. The molecule has 2 N–H and O–H groups in total. The van der Waals surface area contributed by atoms with Gasteiger partial charge in [0.05, 0.1) is 11.0 Å². The number of para-hydroxylation sites is 1. The summed E-state index contributed by atoms with van der Waals surface area (Å²) >= 11 is 0. The van der Waals surface area contributed by atoms with Crippen molar-refractivity contribution in [1.82, 2.24) is 9.97 Å². The second-order valence-electron chi connectivity index (χ2n) is 7.01. The number of hydrogen-bond acceptors (Lipinski definition) is 4. The van der Waals surface area contributed by atoms with Gasteiger partial charge in [0.25, 0.3) is 0 Å². The molecule has 0 aliphatic rings. The van der Waals surface area contributed by atoms with E-state index in [-0.39, 0.29) is 0 Å². The first-order chi connectivity index (χ1) is 15.1. The highest BCUT2D eigenvalue weighted by molar-refractivity contribution is 5.97. The van der Waals surface area contributed by atoms with E-state index < -0.39 is 0 Å². The van der Waals surface area contributed by atoms with Crippen molar-refractivity contribution < 1.29 is 9.90 Å². The van der Waals surface area contributed by atoms with Crippen LogP contribution in [0.5, 0.6) is 0 Å². The summed E-state index contributed by atoms with van der Waals surface area (Å²) in [4.78, 5) is 21.4. The first kappa shape index (κ1) is 22.0. The third-order valence-corrected chi connectivity index (χ3v) is 5.36. The van der Waals surface area contributed by atoms with Crippen LogP contribution in [0, 0.1) is 6.92 Å². The maximum atomic E-state index is 11.4. The van der Waals surface area contributed by atoms with Crippen LogP contribution >= 0.6 is 0 Å². The smallest absolute Gasteiger partial charge is 0.152 e. The summed E-state index contributed by atoms with van der Waals surface area (Å²) in [6.07, 6.45) is 4.62. The van der Waals surface area contributed by atoms with Crippen molar-refractivity contribution in [3.05, 3.63) is 95.3 Å². The number of pyridine rings is 1. The molecule has 158 valence electrons. The van der Waals surface area contributed by atoms with Crippen LogP contribution in [0.15, 0.2) is 72.9 Å². The van der Waals surface area contributed by atoms with Gasteiger partial charge in [0.2, 0.25) is 0 Å². The van der Waals surface area contributed by atoms with Crippen LogP contribution in [0.3, 0.4) is 0 Å². The van der Waals surface area contributed by atoms with Gasteiger partial charge in [0.15, 0.2) is 6.29 Å². The Kier molecular flexibility index (Phi) is 7.00. The number of anilines is 2. The van der Waals surface area contributed by atoms with Crippen LogP contribution in [0.4, 0.5) is 11.4 Å². The van der Waals surface area contributed by atoms with Gasteiger partial charge in [-0.3, -0.25) is 9.78 Å². The van der Waals surface area contributed by atoms with Crippen molar-refractivity contribution in [1.29, 1.82) is 0 Å². The summed E-state index contributed by atoms with van der Waals surface area (Å²) in [5, 5.41) is 7.00. The molecule has 0 aliphatic carbocycles. The van der Waals surface area contributed by atoms with Gasteiger partial charge < -0.3 is 15.0 Å². The Labute approximate surface area is 182 Å². The van der Waals surface area contributed by atoms with Crippen molar-refractivity contribution in [2.75, 3.05) is 19.1 Å². The minimum atomic E-state index is 0.617. The molecule has 2 aromatic heterocycles. The lowest BCUT2D eigenvalue weighted by Crippen LogP contribution is -2.11. The maximum absolute atomic E-state index is 11.4. The zero-order valence-corrected chi connectivity index (χ0v) is 18.3. The van der Waals surface area contributed by atoms with Crippen LogP contribution in [0.25, 0.3) is 16.6 Å². The average molecular weight is 414 g/mol. The number of aliphatic hydroxyl groups excluding tert-OH is 1. The van der Waals surface area contributed by atoms with Crippen LogP contribution in [0.2, 0.25) is 0 Å². The number of allylic oxidation sites excluding steroid dienone is 1. The number of rotatable bonds is 5. The Morgan fingerprint density at radius 3 is 2.48 bits per heavy atom. The first-order valence-corrected chi connectivity index (χ1v) is 10.1. The zero-order chi connectivity index (χ0) is 22.4. The quantitative estimate of drug-likeness (QED) is 0.423. The van der Waals surface area contributed by atoms with E-state index >= 15 is 0 Å². The Balaban J connectivity index is 0.00000132. The second kappa shape index (κ2) is 9.87. The molecule has 0 atom stereocenters. The minimum Gasteiger partial charge on any atom is -0.400 e. The van der Waals surface area contributed by atoms with Crippen LogP contribution in [-0.4, -0.2) is 35.5 Å². The van der Waals surface area contributed by atoms with Crippen LogP contribution in [0.1, 0.15) is 34.1 Å². The molecule has 0 amide bonds. The molecule has 0 unspecified atom stereocenters. The van der Waals surface area contributed by atoms with E-state index in [4.69, 9.17) is 5.11 Å². The normalized spacial score (nSPS) is 11.1. The summed E-state index contributed by atoms with van der Waals surface area (Å²) in [6, 6.07) is 20.4. The number of aromatic amines is 1. The van der Waals surface area contributed by atoms with Crippen molar-refractivity contribution in [2.45, 2.75) is 13.8 Å². The average Bonchev–Trinajstić information content (AvgIpc) is 3.26. The first-order valence-electron chi connectivity index (χ1n) is 10.1. The van der Waals surface area contributed by atoms with Gasteiger partial charge in [0.1, 0.15) is 0 Å². The summed E-state index contributed by atoms with van der Waals surface area (Å²) < 4.78 is 0. The molecule has 0 spiro atoms. The molecule has 5 heteroatoms. The highest BCUT2D eigenvalue weighted by atomic mass is 16.2. The van der Waals surface area contributed by atoms with Crippen molar-refractivity contribution in [3.63, 3.8) is 0 Å². The second-order valence-corrected chi connectivity index (χ2v) is 7.01. The van der Waals surface area contributed by atoms with Crippen LogP contribution in [-0.2, 0) is 0 Å². The molecule has 0 bridgehead atoms. The number of benzene rings is 2. The number of carbonyl (C=O) groups excluding carboxylic acids is 1. The monoisotopic (exact) mass is 413 g/mol. The van der Waals surface area contributed by atoms with E-state index in [0.29, 0.717) is 5.56 Å². The molecule has 0 fully saturated rings. The number of nitrogens with zero attached hydrogens (tertiary/aromatic N) is 2. The molecule has 31 heavy (non-hydrogen) atoms. The number of carbonyl (C=O) groups is 1. The third-order valence-electron chi connectivity index (χ3n) is 5.36. The topological polar surface area (TPSA) is 69.2 Å². The van der Waals surface area contributed by atoms with Crippen molar-refractivity contribution in [2.24, 2.45) is 0 Å². The number of nitrogens with one attached hydrogen (secondary N) is 1. The van der Waals surface area contributed by atoms with E-state index in [1.165, 1.54) is 5.56 Å². The van der Waals surface area contributed by atoms with Gasteiger partial charge in [-0.1, -0.05) is 36.4 Å². The summed E-state index contributed by atoms with van der Waals surface area (Å²) in [5.74, 6) is 0. The van der Waals surface area contributed by atoms with Gasteiger partial charge in [0, 0.05) is 48.6 Å². The van der Waals surface area contributed by atoms with Crippen molar-refractivity contribution in [3.8, 4) is 0 Å². The van der Waals surface area contributed by atoms with Gasteiger partial charge in [-0.25, -0.2) is 0 Å². The Morgan fingerprint density at radius 1 is 1.06 bits per heavy atom. The fourth-order valence-electron chi connectivity index (χ4n) is 3.82. The van der Waals surface area contributed by atoms with Crippen LogP contribution < -0.4 is 4.90 Å². The molecular formula is C26H27N3O2. The van der Waals surface area contributed by atoms with Crippen molar-refractivity contribution >= 4 is 34.3 Å². The molecule has 5 nitrogen and oxygen atoms in total. The number of aromatic nitrogens is 2. The van der Waals surface area contributed by atoms with E-state index in [9.17, 15) is 4.79 Å². The molecule has 0 saturated heterocycles. The number of aliphatic hydroxyl groups is 1. The largest absolute Gasteiger partial charge is 0.400 e. The number of aldehydes is 1. The van der Waals surface area contributed by atoms with E-state index in [1.54, 1.807) is 12.3 Å². The fraction of sp³-hybridized carbons (Fsp3) is 0.154. The molecule has 4 rings (SSSR count). The Hall–Kier alpha value is -3.70. The van der Waals surface area contributed by atoms with Gasteiger partial charge in [-0.05, 0) is 55.3 Å². The van der Waals surface area contributed by atoms with Gasteiger partial charge in [-0.15, -0.1) is 0 Å². The van der Waals surface area contributed by atoms with Gasteiger partial charge >= 0.3 is 0 Å². The number of H-pyrrole nitrogens is 1. The standard InChI is InChI=1S/C25H23N3O.CH4O/c1-4-20(22-15-23-25(27-22)18(16-29)13-14-26-23)21-11-8-12-24(17(21)2)28(3)19-9-6-5-7-10-19;1-2/h4-16,27H,1-3H3;2H,1H3/b20-4+;. The fourth-order valence-corrected chi connectivity index (χ4v) is 3.82. The maximum Gasteiger partial charge on any atom is 0.152 e. The van der Waals surface area contributed by atoms with E-state index in [2.05, 4.69) is 65.2 Å². The third kappa shape index (κ3) is 4.27. The highest BCUT2D eigenvalue weighted by Gasteiger charge is 2.16. The van der Waals surface area contributed by atoms with E-state index in [1.807, 2.05) is 31.2 Å². The summed E-state index contributed by atoms with van der Waals surface area (Å²) in [6.45, 7) is 4.17. The lowest BCUT2D eigenvalue weighted by Gasteiger charge is -2.23. The molecule has 0 saturated carbocycles. The van der Waals surface area contributed by atoms with E-state index in [0.717, 1.165) is 52.6 Å². The Bertz CT molecular complexity index is 1210. The molecule has 4 aromatic rings. The lowest BCUT2D eigenvalue weighted by atomic mass is 9.96. The molecule has 0 radical (unpaired) electrons. The minimum absolute atomic E-state index is 0.617. The number of fused-ring (bicyclic) bond motifs is 1. The zero-order valence-electron chi connectivity index (χ0n) is 18.3. The molecule has 2 aromatic carbocycles. The molecule has 2 heterocycles. The SMILES string of the molecule is C/C=C(/c1cc2nccc(C=O)c2[nH]1)c1cccc(N(C)c2ccccc2)c1C.CO. The number of hydrogen-bond donors (Lipinski definition) is 2. The van der Waals surface area contributed by atoms with Gasteiger partial charge in [-0.2, -0.15) is 0 Å². The lowest BCUT2D eigenvalue weighted by molar-refractivity contribution is 0.112. The molecule has 0 aliphatic heterocycles. The predicted octanol–water partition coefficient (Wildman–Crippen LogP) is 5.51. The summed E-state index contributed by atoms with van der Waals surface area (Å²) in [5.41, 5.74) is 8.84. The summed E-state index contributed by atoms with van der Waals surface area (Å²) in [7, 11) is 3.08.